The van der Waals surface area contributed by atoms with Gasteiger partial charge in [-0.05, 0) is 18.2 Å². The first-order chi connectivity index (χ1) is 17.0. The lowest BCUT2D eigenvalue weighted by atomic mass is 9.89. The van der Waals surface area contributed by atoms with Crippen LogP contribution in [-0.2, 0) is 20.9 Å². The first kappa shape index (κ1) is 22.8. The minimum atomic E-state index is -0.599. The third-order valence-corrected chi connectivity index (χ3v) is 7.05. The average molecular weight is 499 g/mol. The molecule has 2 aliphatic rings. The number of hydrogen-bond acceptors (Lipinski definition) is 9. The molecule has 0 aliphatic carbocycles. The summed E-state index contributed by atoms with van der Waals surface area (Å²) in [7, 11) is 4.26. The van der Waals surface area contributed by atoms with E-state index in [-0.39, 0.29) is 30.5 Å². The predicted octanol–water partition coefficient (Wildman–Crippen LogP) is 3.03. The second-order valence-corrected chi connectivity index (χ2v) is 8.80. The summed E-state index contributed by atoms with van der Waals surface area (Å²) >= 11 is 0.976. The van der Waals surface area contributed by atoms with E-state index < -0.39 is 11.9 Å². The van der Waals surface area contributed by atoms with Crippen molar-refractivity contribution >= 4 is 34.7 Å². The van der Waals surface area contributed by atoms with Crippen molar-refractivity contribution < 1.29 is 33.3 Å². The van der Waals surface area contributed by atoms with Crippen molar-refractivity contribution in [1.82, 2.24) is 4.57 Å². The zero-order chi connectivity index (χ0) is 24.7. The monoisotopic (exact) mass is 498 g/mol. The molecule has 1 amide bonds. The Labute approximate surface area is 204 Å². The maximum absolute atomic E-state index is 13.6. The van der Waals surface area contributed by atoms with E-state index in [1.54, 1.807) is 30.3 Å². The Kier molecular flexibility index (Phi) is 5.85. The van der Waals surface area contributed by atoms with Crippen LogP contribution in [0.2, 0.25) is 0 Å². The summed E-state index contributed by atoms with van der Waals surface area (Å²) in [5.41, 5.74) is 1.20. The molecule has 3 heterocycles. The van der Waals surface area contributed by atoms with Gasteiger partial charge in [0.05, 0.1) is 31.9 Å². The summed E-state index contributed by atoms with van der Waals surface area (Å²) in [5.74, 6) is 0.551. The van der Waals surface area contributed by atoms with Gasteiger partial charge in [-0.15, -0.1) is 0 Å². The van der Waals surface area contributed by atoms with E-state index in [2.05, 4.69) is 0 Å². The molecule has 2 aromatic carbocycles. The van der Waals surface area contributed by atoms with Gasteiger partial charge in [-0.25, -0.2) is 0 Å². The SMILES string of the molecule is COC(=O)Cn1c2c(sc1=O)[C@@H](c1cc(OC)c3c(c1OC)OCO3)CC(=O)N2c1ccccc1. The van der Waals surface area contributed by atoms with Gasteiger partial charge in [0.1, 0.15) is 12.4 Å². The Hall–Kier alpha value is -3.99. The number of nitrogens with zero attached hydrogens (tertiary/aromatic N) is 2. The fraction of sp³-hybridized carbons (Fsp3) is 0.292. The Morgan fingerprint density at radius 1 is 1.09 bits per heavy atom. The van der Waals surface area contributed by atoms with E-state index in [9.17, 15) is 14.4 Å². The number of methoxy groups -OCH3 is 3. The van der Waals surface area contributed by atoms with E-state index in [0.29, 0.717) is 44.9 Å². The van der Waals surface area contributed by atoms with Gasteiger partial charge in [-0.1, -0.05) is 29.5 Å². The van der Waals surface area contributed by atoms with Crippen LogP contribution in [0.1, 0.15) is 22.8 Å². The highest BCUT2D eigenvalue weighted by Crippen LogP contribution is 2.55. The van der Waals surface area contributed by atoms with Crippen LogP contribution in [0.4, 0.5) is 11.5 Å². The number of rotatable bonds is 6. The van der Waals surface area contributed by atoms with Crippen LogP contribution in [-0.4, -0.2) is 44.6 Å². The second-order valence-electron chi connectivity index (χ2n) is 7.81. The first-order valence-corrected chi connectivity index (χ1v) is 11.5. The molecule has 11 heteroatoms. The number of amides is 1. The molecule has 10 nitrogen and oxygen atoms in total. The highest BCUT2D eigenvalue weighted by molar-refractivity contribution is 7.10. The Morgan fingerprint density at radius 2 is 1.83 bits per heavy atom. The molecular weight excluding hydrogens is 476 g/mol. The van der Waals surface area contributed by atoms with Crippen molar-refractivity contribution in [2.24, 2.45) is 0 Å². The van der Waals surface area contributed by atoms with E-state index in [1.165, 1.54) is 30.8 Å². The summed E-state index contributed by atoms with van der Waals surface area (Å²) < 4.78 is 28.5. The lowest BCUT2D eigenvalue weighted by Crippen LogP contribution is -2.36. The smallest absolute Gasteiger partial charge is 0.325 e. The minimum absolute atomic E-state index is 0.00494. The number of thiazole rings is 1. The second kappa shape index (κ2) is 8.99. The Morgan fingerprint density at radius 3 is 2.51 bits per heavy atom. The quantitative estimate of drug-likeness (QED) is 0.478. The number of ether oxygens (including phenoxy) is 5. The lowest BCUT2D eigenvalue weighted by molar-refractivity contribution is -0.141. The number of esters is 1. The molecule has 0 saturated heterocycles. The number of fused-ring (bicyclic) bond motifs is 2. The van der Waals surface area contributed by atoms with Gasteiger partial charge in [0, 0.05) is 17.9 Å². The maximum atomic E-state index is 13.6. The van der Waals surface area contributed by atoms with Crippen LogP contribution < -0.4 is 28.7 Å². The molecule has 0 spiro atoms. The third-order valence-electron chi connectivity index (χ3n) is 5.97. The van der Waals surface area contributed by atoms with Gasteiger partial charge < -0.3 is 23.7 Å². The standard InChI is InChI=1S/C24H22N2O8S/c1-30-16-9-14(19(32-3)21-20(16)33-12-34-21)15-10-17(27)26(13-7-5-4-6-8-13)23-22(15)35-24(29)25(23)11-18(28)31-2/h4-9,15H,10-12H2,1-3H3/t15-/m1/s1. The van der Waals surface area contributed by atoms with E-state index in [4.69, 9.17) is 23.7 Å². The van der Waals surface area contributed by atoms with Crippen molar-refractivity contribution in [2.75, 3.05) is 33.0 Å². The van der Waals surface area contributed by atoms with Gasteiger partial charge in [-0.2, -0.15) is 0 Å². The average Bonchev–Trinajstić information content (AvgIpc) is 3.48. The number of para-hydroxylation sites is 1. The van der Waals surface area contributed by atoms with Crippen LogP contribution in [0, 0.1) is 0 Å². The zero-order valence-electron chi connectivity index (χ0n) is 19.2. The molecule has 0 saturated carbocycles. The van der Waals surface area contributed by atoms with Gasteiger partial charge in [0.15, 0.2) is 11.5 Å². The minimum Gasteiger partial charge on any atom is -0.493 e. The number of anilines is 2. The fourth-order valence-electron chi connectivity index (χ4n) is 4.43. The molecule has 0 N–H and O–H groups in total. The summed E-state index contributed by atoms with van der Waals surface area (Å²) in [6.07, 6.45) is 0.0548. The highest BCUT2D eigenvalue weighted by atomic mass is 32.1. The lowest BCUT2D eigenvalue weighted by Gasteiger charge is -2.33. The number of hydrogen-bond donors (Lipinski definition) is 0. The first-order valence-electron chi connectivity index (χ1n) is 10.7. The van der Waals surface area contributed by atoms with Gasteiger partial charge in [0.2, 0.25) is 24.2 Å². The molecule has 0 radical (unpaired) electrons. The van der Waals surface area contributed by atoms with E-state index in [0.717, 1.165) is 11.3 Å². The molecule has 2 aliphatic heterocycles. The molecular formula is C24H22N2O8S. The van der Waals surface area contributed by atoms with Crippen LogP contribution in [0.15, 0.2) is 41.2 Å². The molecule has 182 valence electrons. The van der Waals surface area contributed by atoms with Crippen molar-refractivity contribution in [3.63, 3.8) is 0 Å². The van der Waals surface area contributed by atoms with Gasteiger partial charge in [0.25, 0.3) is 0 Å². The van der Waals surface area contributed by atoms with Gasteiger partial charge >= 0.3 is 10.8 Å². The third kappa shape index (κ3) is 3.68. The van der Waals surface area contributed by atoms with Crippen molar-refractivity contribution in [3.05, 3.63) is 56.5 Å². The molecule has 3 aromatic rings. The van der Waals surface area contributed by atoms with Crippen molar-refractivity contribution in [2.45, 2.75) is 18.9 Å². The van der Waals surface area contributed by atoms with Crippen LogP contribution >= 0.6 is 11.3 Å². The zero-order valence-corrected chi connectivity index (χ0v) is 20.0. The Balaban J connectivity index is 1.75. The normalized spacial score (nSPS) is 16.1. The van der Waals surface area contributed by atoms with Crippen LogP contribution in [0.3, 0.4) is 0 Å². The predicted molar refractivity (Wildman–Crippen MR) is 126 cm³/mol. The van der Waals surface area contributed by atoms with Gasteiger partial charge in [-0.3, -0.25) is 23.9 Å². The van der Waals surface area contributed by atoms with E-state index in [1.807, 2.05) is 6.07 Å². The largest absolute Gasteiger partial charge is 0.493 e. The molecule has 35 heavy (non-hydrogen) atoms. The summed E-state index contributed by atoms with van der Waals surface area (Å²) in [5, 5.41) is 0. The number of carbonyl (C=O) groups is 2. The number of benzene rings is 2. The van der Waals surface area contributed by atoms with Crippen molar-refractivity contribution in [3.8, 4) is 23.0 Å². The van der Waals surface area contributed by atoms with Crippen LogP contribution in [0.5, 0.6) is 23.0 Å². The maximum Gasteiger partial charge on any atom is 0.325 e. The molecule has 0 unspecified atom stereocenters. The Bertz CT molecular complexity index is 1360. The highest BCUT2D eigenvalue weighted by Gasteiger charge is 2.41. The fourth-order valence-corrected chi connectivity index (χ4v) is 5.53. The van der Waals surface area contributed by atoms with Crippen LogP contribution in [0.25, 0.3) is 0 Å². The number of carbonyl (C=O) groups excluding carboxylic acids is 2. The molecule has 5 rings (SSSR count). The topological polar surface area (TPSA) is 106 Å². The molecule has 1 aromatic heterocycles. The van der Waals surface area contributed by atoms with Crippen molar-refractivity contribution in [1.29, 1.82) is 0 Å². The van der Waals surface area contributed by atoms with E-state index >= 15 is 0 Å². The molecule has 0 fully saturated rings. The summed E-state index contributed by atoms with van der Waals surface area (Å²) in [6.45, 7) is -0.322. The summed E-state index contributed by atoms with van der Waals surface area (Å²) in [4.78, 5) is 40.6. The molecule has 1 atom stereocenters. The number of aromatic nitrogens is 1. The summed E-state index contributed by atoms with van der Waals surface area (Å²) in [6, 6.07) is 10.7. The molecule has 0 bridgehead atoms.